The Morgan fingerprint density at radius 1 is 1.30 bits per heavy atom. The molecular weight excluding hydrogens is 252 g/mol. The Bertz CT molecular complexity index is 425. The highest BCUT2D eigenvalue weighted by Crippen LogP contribution is 2.24. The molecule has 2 N–H and O–H groups in total. The van der Waals surface area contributed by atoms with E-state index in [1.165, 1.54) is 0 Å². The number of nitrogens with two attached hydrogens (primary N) is 1. The van der Waals surface area contributed by atoms with Crippen molar-refractivity contribution in [3.63, 3.8) is 0 Å². The van der Waals surface area contributed by atoms with Gasteiger partial charge in [0.25, 0.3) is 5.91 Å². The number of carbonyl (C=O) groups is 1. The zero-order valence-electron chi connectivity index (χ0n) is 12.3. The quantitative estimate of drug-likeness (QED) is 0.914. The van der Waals surface area contributed by atoms with Crippen LogP contribution in [-0.4, -0.2) is 37.0 Å². The van der Waals surface area contributed by atoms with E-state index in [9.17, 15) is 4.79 Å². The SMILES string of the molecule is COC(C(=O)N1CCC(C(C)N)CC1)c1ccccc1. The molecule has 2 atom stereocenters. The second-order valence-corrected chi connectivity index (χ2v) is 5.55. The number of methoxy groups -OCH3 is 1. The topological polar surface area (TPSA) is 55.6 Å². The van der Waals surface area contributed by atoms with Gasteiger partial charge < -0.3 is 15.4 Å². The lowest BCUT2D eigenvalue weighted by atomic mass is 9.90. The summed E-state index contributed by atoms with van der Waals surface area (Å²) >= 11 is 0. The molecule has 0 radical (unpaired) electrons. The molecule has 1 fully saturated rings. The summed E-state index contributed by atoms with van der Waals surface area (Å²) in [6.07, 6.45) is 1.46. The number of hydrogen-bond acceptors (Lipinski definition) is 3. The molecule has 1 aliphatic rings. The van der Waals surface area contributed by atoms with Crippen molar-refractivity contribution in [2.45, 2.75) is 31.9 Å². The Hall–Kier alpha value is -1.39. The molecule has 4 heteroatoms. The Kier molecular flexibility index (Phi) is 5.15. The fourth-order valence-electron chi connectivity index (χ4n) is 2.82. The van der Waals surface area contributed by atoms with Crippen LogP contribution in [0.1, 0.15) is 31.4 Å². The summed E-state index contributed by atoms with van der Waals surface area (Å²) in [4.78, 5) is 14.5. The number of rotatable bonds is 4. The first-order chi connectivity index (χ1) is 9.63. The molecule has 0 saturated carbocycles. The minimum Gasteiger partial charge on any atom is -0.367 e. The van der Waals surface area contributed by atoms with Gasteiger partial charge in [0.15, 0.2) is 6.10 Å². The molecule has 0 aromatic heterocycles. The first-order valence-electron chi connectivity index (χ1n) is 7.25. The van der Waals surface area contributed by atoms with E-state index in [1.54, 1.807) is 7.11 Å². The number of hydrogen-bond donors (Lipinski definition) is 1. The third kappa shape index (κ3) is 3.38. The maximum atomic E-state index is 12.6. The van der Waals surface area contributed by atoms with Crippen LogP contribution in [-0.2, 0) is 9.53 Å². The van der Waals surface area contributed by atoms with Crippen LogP contribution in [0.4, 0.5) is 0 Å². The number of carbonyl (C=O) groups excluding carboxylic acids is 1. The Morgan fingerprint density at radius 3 is 2.40 bits per heavy atom. The van der Waals surface area contributed by atoms with E-state index in [0.29, 0.717) is 5.92 Å². The second-order valence-electron chi connectivity index (χ2n) is 5.55. The van der Waals surface area contributed by atoms with Crippen LogP contribution in [0.25, 0.3) is 0 Å². The summed E-state index contributed by atoms with van der Waals surface area (Å²) in [5.41, 5.74) is 6.85. The number of likely N-dealkylation sites (tertiary alicyclic amines) is 1. The van der Waals surface area contributed by atoms with E-state index in [2.05, 4.69) is 0 Å². The van der Waals surface area contributed by atoms with Crippen molar-refractivity contribution in [3.8, 4) is 0 Å². The van der Waals surface area contributed by atoms with E-state index in [1.807, 2.05) is 42.2 Å². The van der Waals surface area contributed by atoms with Gasteiger partial charge in [0.2, 0.25) is 0 Å². The van der Waals surface area contributed by atoms with Crippen LogP contribution in [0, 0.1) is 5.92 Å². The molecule has 0 bridgehead atoms. The molecular formula is C16H24N2O2. The van der Waals surface area contributed by atoms with Crippen molar-refractivity contribution in [1.29, 1.82) is 0 Å². The first kappa shape index (κ1) is 15.0. The fourth-order valence-corrected chi connectivity index (χ4v) is 2.82. The molecule has 1 amide bonds. The molecule has 2 unspecified atom stereocenters. The van der Waals surface area contributed by atoms with E-state index in [4.69, 9.17) is 10.5 Å². The largest absolute Gasteiger partial charge is 0.367 e. The number of benzene rings is 1. The van der Waals surface area contributed by atoms with Gasteiger partial charge >= 0.3 is 0 Å². The lowest BCUT2D eigenvalue weighted by Crippen LogP contribution is -2.44. The lowest BCUT2D eigenvalue weighted by Gasteiger charge is -2.35. The molecule has 1 heterocycles. The highest BCUT2D eigenvalue weighted by Gasteiger charge is 2.30. The second kappa shape index (κ2) is 6.86. The average molecular weight is 276 g/mol. The summed E-state index contributed by atoms with van der Waals surface area (Å²) in [6, 6.07) is 9.87. The molecule has 110 valence electrons. The lowest BCUT2D eigenvalue weighted by molar-refractivity contribution is -0.144. The van der Waals surface area contributed by atoms with Gasteiger partial charge in [0.05, 0.1) is 0 Å². The van der Waals surface area contributed by atoms with Gasteiger partial charge in [-0.1, -0.05) is 30.3 Å². The maximum Gasteiger partial charge on any atom is 0.256 e. The molecule has 0 spiro atoms. The highest BCUT2D eigenvalue weighted by molar-refractivity contribution is 5.82. The van der Waals surface area contributed by atoms with Crippen LogP contribution < -0.4 is 5.73 Å². The van der Waals surface area contributed by atoms with E-state index in [0.717, 1.165) is 31.5 Å². The van der Waals surface area contributed by atoms with Crippen molar-refractivity contribution in [3.05, 3.63) is 35.9 Å². The van der Waals surface area contributed by atoms with Gasteiger partial charge in [-0.25, -0.2) is 0 Å². The van der Waals surface area contributed by atoms with Crippen LogP contribution in [0.15, 0.2) is 30.3 Å². The maximum absolute atomic E-state index is 12.6. The summed E-state index contributed by atoms with van der Waals surface area (Å²) in [5, 5.41) is 0. The normalized spacial score (nSPS) is 19.6. The third-order valence-electron chi connectivity index (χ3n) is 4.16. The van der Waals surface area contributed by atoms with Crippen molar-refractivity contribution < 1.29 is 9.53 Å². The molecule has 1 aliphatic heterocycles. The summed E-state index contributed by atoms with van der Waals surface area (Å²) in [7, 11) is 1.59. The molecule has 4 nitrogen and oxygen atoms in total. The van der Waals surface area contributed by atoms with Crippen LogP contribution in [0.2, 0.25) is 0 Å². The van der Waals surface area contributed by atoms with Crippen molar-refractivity contribution in [2.75, 3.05) is 20.2 Å². The minimum atomic E-state index is -0.497. The summed E-state index contributed by atoms with van der Waals surface area (Å²) < 4.78 is 5.41. The smallest absolute Gasteiger partial charge is 0.256 e. The summed E-state index contributed by atoms with van der Waals surface area (Å²) in [6.45, 7) is 3.60. The van der Waals surface area contributed by atoms with Crippen molar-refractivity contribution in [2.24, 2.45) is 11.7 Å². The Morgan fingerprint density at radius 2 is 1.90 bits per heavy atom. The van der Waals surface area contributed by atoms with Gasteiger partial charge in [0.1, 0.15) is 0 Å². The molecule has 1 aromatic carbocycles. The monoisotopic (exact) mass is 276 g/mol. The van der Waals surface area contributed by atoms with Gasteiger partial charge in [-0.05, 0) is 31.2 Å². The van der Waals surface area contributed by atoms with Crippen LogP contribution in [0.3, 0.4) is 0 Å². The highest BCUT2D eigenvalue weighted by atomic mass is 16.5. The third-order valence-corrected chi connectivity index (χ3v) is 4.16. The standard InChI is InChI=1S/C16H24N2O2/c1-12(17)13-8-10-18(11-9-13)16(19)15(20-2)14-6-4-3-5-7-14/h3-7,12-13,15H,8-11,17H2,1-2H3. The zero-order chi connectivity index (χ0) is 14.5. The Balaban J connectivity index is 2.00. The Labute approximate surface area is 120 Å². The fraction of sp³-hybridized carbons (Fsp3) is 0.562. The number of piperidine rings is 1. The number of nitrogens with zero attached hydrogens (tertiary/aromatic N) is 1. The molecule has 20 heavy (non-hydrogen) atoms. The van der Waals surface area contributed by atoms with Gasteiger partial charge in [0, 0.05) is 26.2 Å². The van der Waals surface area contributed by atoms with Crippen LogP contribution in [0.5, 0.6) is 0 Å². The van der Waals surface area contributed by atoms with Crippen molar-refractivity contribution >= 4 is 5.91 Å². The molecule has 2 rings (SSSR count). The van der Waals surface area contributed by atoms with E-state index < -0.39 is 6.10 Å². The molecule has 0 aliphatic carbocycles. The predicted molar refractivity (Wildman–Crippen MR) is 79.1 cm³/mol. The van der Waals surface area contributed by atoms with Crippen molar-refractivity contribution in [1.82, 2.24) is 4.90 Å². The molecule has 1 aromatic rings. The van der Waals surface area contributed by atoms with E-state index >= 15 is 0 Å². The van der Waals surface area contributed by atoms with E-state index in [-0.39, 0.29) is 11.9 Å². The minimum absolute atomic E-state index is 0.0572. The molecule has 1 saturated heterocycles. The number of ether oxygens (including phenoxy) is 1. The van der Waals surface area contributed by atoms with Gasteiger partial charge in [-0.2, -0.15) is 0 Å². The first-order valence-corrected chi connectivity index (χ1v) is 7.25. The van der Waals surface area contributed by atoms with Crippen LogP contribution >= 0.6 is 0 Å². The number of amides is 1. The van der Waals surface area contributed by atoms with Gasteiger partial charge in [-0.3, -0.25) is 4.79 Å². The van der Waals surface area contributed by atoms with Gasteiger partial charge in [-0.15, -0.1) is 0 Å². The predicted octanol–water partition coefficient (Wildman–Crippen LogP) is 1.96. The average Bonchev–Trinajstić information content (AvgIpc) is 2.49. The zero-order valence-corrected chi connectivity index (χ0v) is 12.3. The summed E-state index contributed by atoms with van der Waals surface area (Å²) in [5.74, 6) is 0.582.